The molecule has 1 aromatic carbocycles. The van der Waals surface area contributed by atoms with Gasteiger partial charge in [-0.1, -0.05) is 0 Å². The third-order valence-corrected chi connectivity index (χ3v) is 5.34. The number of nitrogens with one attached hydrogen (secondary N) is 2. The Bertz CT molecular complexity index is 865. The van der Waals surface area contributed by atoms with E-state index in [0.717, 1.165) is 4.90 Å². The van der Waals surface area contributed by atoms with Gasteiger partial charge in [0.1, 0.15) is 22.1 Å². The van der Waals surface area contributed by atoms with Crippen molar-refractivity contribution in [2.45, 2.75) is 0 Å². The largest absolute Gasteiger partial charge is 0.497 e. The van der Waals surface area contributed by atoms with E-state index in [0.29, 0.717) is 35.0 Å². The highest BCUT2D eigenvalue weighted by molar-refractivity contribution is 8.22. The monoisotopic (exact) mass is 393 g/mol. The molecule has 0 aliphatic carbocycles. The molecule has 0 radical (unpaired) electrons. The molecule has 0 saturated carbocycles. The molecule has 0 atom stereocenters. The van der Waals surface area contributed by atoms with E-state index in [2.05, 4.69) is 5.32 Å². The molecule has 26 heavy (non-hydrogen) atoms. The number of thioether (sulfide) groups is 2. The first-order valence-corrected chi connectivity index (χ1v) is 8.77. The van der Waals surface area contributed by atoms with E-state index in [1.165, 1.54) is 7.11 Å². The molecular formula is C15H11N3O6S2. The van der Waals surface area contributed by atoms with Gasteiger partial charge in [0.25, 0.3) is 22.3 Å². The number of hydrogen-bond donors (Lipinski definition) is 2. The highest BCUT2D eigenvalue weighted by atomic mass is 32.2. The van der Waals surface area contributed by atoms with Crippen LogP contribution in [-0.4, -0.2) is 46.8 Å². The predicted molar refractivity (Wildman–Crippen MR) is 94.5 cm³/mol. The fourth-order valence-electron chi connectivity index (χ4n) is 2.15. The summed E-state index contributed by atoms with van der Waals surface area (Å²) < 4.78 is 5.01. The van der Waals surface area contributed by atoms with Crippen LogP contribution in [0.25, 0.3) is 0 Å². The van der Waals surface area contributed by atoms with Gasteiger partial charge in [-0.2, -0.15) is 0 Å². The second kappa shape index (κ2) is 7.22. The van der Waals surface area contributed by atoms with Crippen molar-refractivity contribution in [3.8, 4) is 5.75 Å². The van der Waals surface area contributed by atoms with Crippen LogP contribution in [0.15, 0.2) is 34.1 Å². The third kappa shape index (κ3) is 3.58. The molecule has 0 bridgehead atoms. The number of hydrogen-bond acceptors (Lipinski definition) is 8. The maximum atomic E-state index is 12.4. The number of carbonyl (C=O) groups excluding carboxylic acids is 5. The lowest BCUT2D eigenvalue weighted by Gasteiger charge is -2.12. The van der Waals surface area contributed by atoms with Crippen molar-refractivity contribution in [2.75, 3.05) is 19.0 Å². The maximum Gasteiger partial charge on any atom is 0.294 e. The smallest absolute Gasteiger partial charge is 0.294 e. The van der Waals surface area contributed by atoms with Crippen LogP contribution in [0.1, 0.15) is 0 Å². The lowest BCUT2D eigenvalue weighted by molar-refractivity contribution is -0.127. The molecule has 0 spiro atoms. The minimum Gasteiger partial charge on any atom is -0.497 e. The Morgan fingerprint density at radius 2 is 1.81 bits per heavy atom. The molecule has 0 unspecified atom stereocenters. The zero-order valence-electron chi connectivity index (χ0n) is 13.2. The van der Waals surface area contributed by atoms with Crippen molar-refractivity contribution in [1.29, 1.82) is 0 Å². The van der Waals surface area contributed by atoms with E-state index < -0.39 is 34.7 Å². The standard InChI is InChI=1S/C15H11N3O6S2/c1-24-8-4-2-7(3-5-8)16-9(19)6-18-13(21)11(26-15(18)23)10-12(20)17-14(22)25-10/h2-5H,6H2,1H3,(H,16,19)(H,17,20,22)/b11-10+. The molecule has 2 N–H and O–H groups in total. The van der Waals surface area contributed by atoms with E-state index in [1.54, 1.807) is 24.3 Å². The fraction of sp³-hybridized carbons (Fsp3) is 0.133. The molecule has 5 amide bonds. The van der Waals surface area contributed by atoms with Crippen LogP contribution >= 0.6 is 23.5 Å². The Hall–Kier alpha value is -2.79. The number of anilines is 1. The minimum atomic E-state index is -0.780. The number of ether oxygens (including phenoxy) is 1. The number of nitrogens with zero attached hydrogens (tertiary/aromatic N) is 1. The van der Waals surface area contributed by atoms with Crippen molar-refractivity contribution in [2.24, 2.45) is 0 Å². The Balaban J connectivity index is 1.69. The fourth-order valence-corrected chi connectivity index (χ4v) is 3.87. The number of rotatable bonds is 4. The van der Waals surface area contributed by atoms with E-state index >= 15 is 0 Å². The van der Waals surface area contributed by atoms with Crippen LogP contribution < -0.4 is 15.4 Å². The second-order valence-corrected chi connectivity index (χ2v) is 6.98. The van der Waals surface area contributed by atoms with Crippen molar-refractivity contribution in [3.05, 3.63) is 34.1 Å². The summed E-state index contributed by atoms with van der Waals surface area (Å²) in [5.41, 5.74) is 0.470. The van der Waals surface area contributed by atoms with Gasteiger partial charge in [-0.15, -0.1) is 0 Å². The van der Waals surface area contributed by atoms with E-state index in [4.69, 9.17) is 4.74 Å². The van der Waals surface area contributed by atoms with Gasteiger partial charge in [-0.3, -0.25) is 34.2 Å². The van der Waals surface area contributed by atoms with Gasteiger partial charge in [0, 0.05) is 5.69 Å². The van der Waals surface area contributed by atoms with Crippen LogP contribution in [-0.2, 0) is 14.4 Å². The molecule has 1 aromatic rings. The molecule has 2 saturated heterocycles. The van der Waals surface area contributed by atoms with Crippen molar-refractivity contribution in [3.63, 3.8) is 0 Å². The quantitative estimate of drug-likeness (QED) is 0.739. The Morgan fingerprint density at radius 3 is 2.38 bits per heavy atom. The Kier molecular flexibility index (Phi) is 5.00. The van der Waals surface area contributed by atoms with Crippen LogP contribution in [0, 0.1) is 0 Å². The average molecular weight is 393 g/mol. The molecular weight excluding hydrogens is 382 g/mol. The summed E-state index contributed by atoms with van der Waals surface area (Å²) in [4.78, 5) is 59.8. The summed E-state index contributed by atoms with van der Waals surface area (Å²) in [6.45, 7) is -0.506. The number of benzene rings is 1. The molecule has 0 aromatic heterocycles. The number of imide groups is 2. The van der Waals surface area contributed by atoms with E-state index in [9.17, 15) is 24.0 Å². The third-order valence-electron chi connectivity index (χ3n) is 3.35. The summed E-state index contributed by atoms with van der Waals surface area (Å²) in [5, 5.41) is 3.27. The highest BCUT2D eigenvalue weighted by Gasteiger charge is 2.42. The average Bonchev–Trinajstić information content (AvgIpc) is 3.08. The molecule has 3 rings (SSSR count). The summed E-state index contributed by atoms with van der Waals surface area (Å²) in [7, 11) is 1.51. The normalized spacial score (nSPS) is 19.8. The minimum absolute atomic E-state index is 0.128. The van der Waals surface area contributed by atoms with Crippen LogP contribution in [0.4, 0.5) is 15.3 Å². The van der Waals surface area contributed by atoms with E-state index in [1.807, 2.05) is 5.32 Å². The van der Waals surface area contributed by atoms with Gasteiger partial charge in [0.05, 0.1) is 7.11 Å². The summed E-state index contributed by atoms with van der Waals surface area (Å²) in [5.74, 6) is -1.48. The van der Waals surface area contributed by atoms with Crippen LogP contribution in [0.3, 0.4) is 0 Å². The first-order chi connectivity index (χ1) is 12.4. The summed E-state index contributed by atoms with van der Waals surface area (Å²) in [6, 6.07) is 6.51. The Morgan fingerprint density at radius 1 is 1.12 bits per heavy atom. The summed E-state index contributed by atoms with van der Waals surface area (Å²) in [6.07, 6.45) is 0. The number of methoxy groups -OCH3 is 1. The van der Waals surface area contributed by atoms with Gasteiger partial charge in [0.15, 0.2) is 0 Å². The first kappa shape index (κ1) is 18.0. The number of amides is 5. The van der Waals surface area contributed by atoms with Crippen molar-refractivity contribution in [1.82, 2.24) is 10.2 Å². The lowest BCUT2D eigenvalue weighted by atomic mass is 10.3. The van der Waals surface area contributed by atoms with Crippen LogP contribution in [0.2, 0.25) is 0 Å². The zero-order valence-corrected chi connectivity index (χ0v) is 14.9. The maximum absolute atomic E-state index is 12.4. The molecule has 9 nitrogen and oxygen atoms in total. The topological polar surface area (TPSA) is 122 Å². The molecule has 134 valence electrons. The van der Waals surface area contributed by atoms with Gasteiger partial charge in [-0.05, 0) is 47.8 Å². The predicted octanol–water partition coefficient (Wildman–Crippen LogP) is 1.52. The van der Waals surface area contributed by atoms with E-state index in [-0.39, 0.29) is 9.81 Å². The zero-order chi connectivity index (χ0) is 18.8. The molecule has 11 heteroatoms. The molecule has 2 heterocycles. The Labute approximate surface area is 155 Å². The van der Waals surface area contributed by atoms with Gasteiger partial charge >= 0.3 is 0 Å². The summed E-state index contributed by atoms with van der Waals surface area (Å²) >= 11 is 1.08. The van der Waals surface area contributed by atoms with Crippen LogP contribution in [0.5, 0.6) is 5.75 Å². The molecule has 2 fully saturated rings. The SMILES string of the molecule is COc1ccc(NC(=O)CN2C(=O)S/C(=C3/SC(=O)NC3=O)C2=O)cc1. The lowest BCUT2D eigenvalue weighted by Crippen LogP contribution is -2.36. The van der Waals surface area contributed by atoms with Gasteiger partial charge < -0.3 is 10.1 Å². The second-order valence-electron chi connectivity index (χ2n) is 5.04. The molecule has 2 aliphatic rings. The highest BCUT2D eigenvalue weighted by Crippen LogP contribution is 2.38. The first-order valence-electron chi connectivity index (χ1n) is 7.14. The van der Waals surface area contributed by atoms with Gasteiger partial charge in [0.2, 0.25) is 5.91 Å². The number of carbonyl (C=O) groups is 5. The van der Waals surface area contributed by atoms with Crippen molar-refractivity contribution < 1.29 is 28.7 Å². The molecule has 2 aliphatic heterocycles. The van der Waals surface area contributed by atoms with Gasteiger partial charge in [-0.25, -0.2) is 0 Å². The van der Waals surface area contributed by atoms with Crippen molar-refractivity contribution >= 4 is 57.4 Å².